The zero-order valence-corrected chi connectivity index (χ0v) is 10.4. The van der Waals surface area contributed by atoms with E-state index in [4.69, 9.17) is 4.74 Å². The average Bonchev–Trinajstić information content (AvgIpc) is 2.62. The normalized spacial score (nSPS) is 33.6. The van der Waals surface area contributed by atoms with Crippen molar-refractivity contribution in [2.24, 2.45) is 0 Å². The van der Waals surface area contributed by atoms with Gasteiger partial charge in [-0.2, -0.15) is 0 Å². The fourth-order valence-corrected chi connectivity index (χ4v) is 2.55. The van der Waals surface area contributed by atoms with Gasteiger partial charge in [-0.1, -0.05) is 0 Å². The van der Waals surface area contributed by atoms with Crippen LogP contribution in [0.2, 0.25) is 0 Å². The molecule has 2 heterocycles. The van der Waals surface area contributed by atoms with Gasteiger partial charge in [0, 0.05) is 13.1 Å². The van der Waals surface area contributed by atoms with E-state index < -0.39 is 0 Å². The third-order valence-electron chi connectivity index (χ3n) is 3.18. The van der Waals surface area contributed by atoms with Crippen LogP contribution in [0.3, 0.4) is 0 Å². The first-order valence-electron chi connectivity index (χ1n) is 6.13. The molecule has 6 nitrogen and oxygen atoms in total. The molecule has 0 spiro atoms. The number of rotatable bonds is 2. The molecular formula is C11H20N3O3+. The van der Waals surface area contributed by atoms with E-state index >= 15 is 0 Å². The molecule has 2 saturated heterocycles. The first-order chi connectivity index (χ1) is 8.06. The lowest BCUT2D eigenvalue weighted by Gasteiger charge is -2.32. The van der Waals surface area contributed by atoms with Crippen LogP contribution in [-0.2, 0) is 9.53 Å². The number of carbonyl (C=O) groups excluding carboxylic acids is 2. The van der Waals surface area contributed by atoms with Crippen LogP contribution >= 0.6 is 0 Å². The molecule has 2 N–H and O–H groups in total. The first kappa shape index (κ1) is 12.3. The topological polar surface area (TPSA) is 63.1 Å². The van der Waals surface area contributed by atoms with Gasteiger partial charge < -0.3 is 15.0 Å². The fraction of sp³-hybridized carbons (Fsp3) is 0.818. The van der Waals surface area contributed by atoms with Crippen molar-refractivity contribution in [2.75, 3.05) is 32.7 Å². The summed E-state index contributed by atoms with van der Waals surface area (Å²) in [5.74, 6) is -0.0868. The number of quaternary nitrogens is 1. The average molecular weight is 242 g/mol. The van der Waals surface area contributed by atoms with E-state index in [0.29, 0.717) is 19.6 Å². The predicted molar refractivity (Wildman–Crippen MR) is 60.7 cm³/mol. The Morgan fingerprint density at radius 3 is 2.65 bits per heavy atom. The molecule has 2 aliphatic rings. The maximum absolute atomic E-state index is 11.9. The third kappa shape index (κ3) is 2.95. The molecule has 0 radical (unpaired) electrons. The molecule has 2 rings (SSSR count). The van der Waals surface area contributed by atoms with Gasteiger partial charge in [-0.25, -0.2) is 4.79 Å². The standard InChI is InChI=1S/C11H19N3O3/c1-8-5-13(6-9(2)17-8)7-10(15)14-4-3-12-11(14)16/h8-9H,3-7H2,1-2H3,(H,12,16)/p+1/t8-,9-/m1/s1. The second-order valence-electron chi connectivity index (χ2n) is 4.87. The third-order valence-corrected chi connectivity index (χ3v) is 3.18. The zero-order valence-electron chi connectivity index (χ0n) is 10.4. The number of nitrogens with one attached hydrogen (secondary N) is 2. The molecule has 0 unspecified atom stereocenters. The van der Waals surface area contributed by atoms with Gasteiger partial charge in [0.1, 0.15) is 25.3 Å². The summed E-state index contributed by atoms with van der Waals surface area (Å²) >= 11 is 0. The van der Waals surface area contributed by atoms with Gasteiger partial charge in [0.25, 0.3) is 5.91 Å². The molecule has 3 amide bonds. The highest BCUT2D eigenvalue weighted by molar-refractivity contribution is 5.96. The maximum atomic E-state index is 11.9. The Morgan fingerprint density at radius 1 is 1.47 bits per heavy atom. The Kier molecular flexibility index (Phi) is 3.63. The van der Waals surface area contributed by atoms with Crippen LogP contribution < -0.4 is 10.2 Å². The molecule has 2 aliphatic heterocycles. The monoisotopic (exact) mass is 242 g/mol. The molecule has 0 saturated carbocycles. The minimum atomic E-state index is -0.260. The van der Waals surface area contributed by atoms with Crippen LogP contribution in [-0.4, -0.2) is 61.8 Å². The number of carbonyl (C=O) groups is 2. The molecule has 0 aliphatic carbocycles. The fourth-order valence-electron chi connectivity index (χ4n) is 2.55. The minimum absolute atomic E-state index is 0.0868. The Balaban J connectivity index is 1.87. The summed E-state index contributed by atoms with van der Waals surface area (Å²) in [6.45, 7) is 7.12. The summed E-state index contributed by atoms with van der Waals surface area (Å²) in [6.07, 6.45) is 0.350. The SMILES string of the molecule is C[C@@H]1C[NH+](CC(=O)N2CCNC2=O)C[C@@H](C)O1. The Hall–Kier alpha value is -1.14. The first-order valence-corrected chi connectivity index (χ1v) is 6.13. The quantitative estimate of drug-likeness (QED) is 0.602. The zero-order chi connectivity index (χ0) is 12.4. The lowest BCUT2D eigenvalue weighted by Crippen LogP contribution is -3.16. The van der Waals surface area contributed by atoms with E-state index in [9.17, 15) is 9.59 Å². The van der Waals surface area contributed by atoms with Crippen LogP contribution in [0.15, 0.2) is 0 Å². The van der Waals surface area contributed by atoms with Crippen molar-refractivity contribution in [1.82, 2.24) is 10.2 Å². The van der Waals surface area contributed by atoms with E-state index in [1.54, 1.807) is 0 Å². The number of nitrogens with zero attached hydrogens (tertiary/aromatic N) is 1. The highest BCUT2D eigenvalue weighted by atomic mass is 16.5. The van der Waals surface area contributed by atoms with Crippen molar-refractivity contribution < 1.29 is 19.2 Å². The molecule has 0 aromatic rings. The van der Waals surface area contributed by atoms with Gasteiger partial charge in [-0.05, 0) is 13.8 Å². The molecule has 0 aromatic carbocycles. The minimum Gasteiger partial charge on any atom is -0.364 e. The largest absolute Gasteiger partial charge is 0.364 e. The van der Waals surface area contributed by atoms with Crippen LogP contribution in [0.1, 0.15) is 13.8 Å². The molecule has 6 heteroatoms. The van der Waals surface area contributed by atoms with Crippen molar-refractivity contribution in [3.8, 4) is 0 Å². The van der Waals surface area contributed by atoms with Crippen LogP contribution in [0.25, 0.3) is 0 Å². The van der Waals surface area contributed by atoms with Crippen LogP contribution in [0, 0.1) is 0 Å². The summed E-state index contributed by atoms with van der Waals surface area (Å²) in [4.78, 5) is 25.8. The summed E-state index contributed by atoms with van der Waals surface area (Å²) in [5, 5.41) is 2.64. The van der Waals surface area contributed by atoms with E-state index in [0.717, 1.165) is 13.1 Å². The number of hydrogen-bond acceptors (Lipinski definition) is 3. The summed E-state index contributed by atoms with van der Waals surface area (Å²) < 4.78 is 5.62. The smallest absolute Gasteiger partial charge is 0.324 e. The Morgan fingerprint density at radius 2 is 2.12 bits per heavy atom. The summed E-state index contributed by atoms with van der Waals surface area (Å²) in [7, 11) is 0. The Bertz CT molecular complexity index is 311. The lowest BCUT2D eigenvalue weighted by molar-refractivity contribution is -0.907. The number of ether oxygens (including phenoxy) is 1. The van der Waals surface area contributed by atoms with Gasteiger partial charge in [0.15, 0.2) is 6.54 Å². The van der Waals surface area contributed by atoms with Gasteiger partial charge in [0.05, 0.1) is 0 Å². The van der Waals surface area contributed by atoms with Crippen molar-refractivity contribution in [3.63, 3.8) is 0 Å². The van der Waals surface area contributed by atoms with Crippen LogP contribution in [0.5, 0.6) is 0 Å². The maximum Gasteiger partial charge on any atom is 0.324 e. The Labute approximate surface area is 101 Å². The molecule has 0 bridgehead atoms. The molecule has 17 heavy (non-hydrogen) atoms. The molecule has 96 valence electrons. The molecular weight excluding hydrogens is 222 g/mol. The number of amides is 3. The highest BCUT2D eigenvalue weighted by Gasteiger charge is 2.32. The highest BCUT2D eigenvalue weighted by Crippen LogP contribution is 1.99. The number of hydrogen-bond donors (Lipinski definition) is 2. The summed E-state index contributed by atoms with van der Waals surface area (Å²) in [6, 6.07) is -0.260. The van der Waals surface area contributed by atoms with Crippen molar-refractivity contribution in [1.29, 1.82) is 0 Å². The van der Waals surface area contributed by atoms with Gasteiger partial charge in [-0.15, -0.1) is 0 Å². The van der Waals surface area contributed by atoms with Gasteiger partial charge in [0.2, 0.25) is 0 Å². The molecule has 2 atom stereocenters. The second kappa shape index (κ2) is 5.01. The second-order valence-corrected chi connectivity index (χ2v) is 4.87. The molecule has 2 fully saturated rings. The molecule has 0 aromatic heterocycles. The number of urea groups is 1. The number of imide groups is 1. The number of morpholine rings is 1. The van der Waals surface area contributed by atoms with Gasteiger partial charge in [-0.3, -0.25) is 9.69 Å². The van der Waals surface area contributed by atoms with Crippen molar-refractivity contribution in [2.45, 2.75) is 26.1 Å². The predicted octanol–water partition coefficient (Wildman–Crippen LogP) is -1.77. The van der Waals surface area contributed by atoms with E-state index in [1.807, 2.05) is 13.8 Å². The van der Waals surface area contributed by atoms with Crippen molar-refractivity contribution in [3.05, 3.63) is 0 Å². The van der Waals surface area contributed by atoms with Crippen LogP contribution in [0.4, 0.5) is 4.79 Å². The van der Waals surface area contributed by atoms with E-state index in [-0.39, 0.29) is 24.1 Å². The van der Waals surface area contributed by atoms with E-state index in [1.165, 1.54) is 9.80 Å². The van der Waals surface area contributed by atoms with Gasteiger partial charge >= 0.3 is 6.03 Å². The lowest BCUT2D eigenvalue weighted by atomic mass is 10.2. The van der Waals surface area contributed by atoms with Crippen molar-refractivity contribution >= 4 is 11.9 Å². The summed E-state index contributed by atoms with van der Waals surface area (Å²) in [5.41, 5.74) is 0. The van der Waals surface area contributed by atoms with E-state index in [2.05, 4.69) is 5.32 Å².